The van der Waals surface area contributed by atoms with Crippen molar-refractivity contribution in [2.24, 2.45) is 0 Å². The van der Waals surface area contributed by atoms with Crippen LogP contribution in [-0.4, -0.2) is 49.4 Å². The van der Waals surface area contributed by atoms with Crippen molar-refractivity contribution in [3.8, 4) is 0 Å². The van der Waals surface area contributed by atoms with Gasteiger partial charge in [-0.05, 0) is 26.8 Å². The third kappa shape index (κ3) is 3.87. The van der Waals surface area contributed by atoms with Crippen LogP contribution in [-0.2, 0) is 9.59 Å². The molecule has 0 bridgehead atoms. The highest BCUT2D eigenvalue weighted by Gasteiger charge is 2.25. The Morgan fingerprint density at radius 1 is 1.47 bits per heavy atom. The maximum absolute atomic E-state index is 11.6. The lowest BCUT2D eigenvalue weighted by atomic mass is 10.3. The highest BCUT2D eigenvalue weighted by atomic mass is 16.2. The molecule has 1 fully saturated rings. The Bertz CT molecular complexity index is 251. The van der Waals surface area contributed by atoms with Gasteiger partial charge in [0.2, 0.25) is 11.8 Å². The summed E-state index contributed by atoms with van der Waals surface area (Å²) in [5.74, 6) is -0.139. The van der Waals surface area contributed by atoms with E-state index in [2.05, 4.69) is 10.6 Å². The second kappa shape index (κ2) is 5.11. The average molecular weight is 213 g/mol. The van der Waals surface area contributed by atoms with Crippen LogP contribution in [0.15, 0.2) is 0 Å². The maximum atomic E-state index is 11.6. The van der Waals surface area contributed by atoms with Crippen LogP contribution < -0.4 is 10.6 Å². The lowest BCUT2D eigenvalue weighted by molar-refractivity contribution is -0.136. The second-order valence-corrected chi connectivity index (χ2v) is 4.05. The summed E-state index contributed by atoms with van der Waals surface area (Å²) in [5, 5.41) is 5.69. The topological polar surface area (TPSA) is 61.4 Å². The largest absolute Gasteiger partial charge is 0.352 e. The summed E-state index contributed by atoms with van der Waals surface area (Å²) in [4.78, 5) is 24.4. The lowest BCUT2D eigenvalue weighted by Crippen LogP contribution is -2.46. The molecule has 0 heterocycles. The molecule has 1 saturated carbocycles. The fraction of sp³-hybridized carbons (Fsp3) is 0.800. The molecule has 1 unspecified atom stereocenters. The highest BCUT2D eigenvalue weighted by molar-refractivity contribution is 5.87. The smallest absolute Gasteiger partial charge is 0.239 e. The van der Waals surface area contributed by atoms with E-state index in [4.69, 9.17) is 0 Å². The number of carbonyl (C=O) groups is 2. The van der Waals surface area contributed by atoms with E-state index in [-0.39, 0.29) is 24.4 Å². The summed E-state index contributed by atoms with van der Waals surface area (Å²) in [7, 11) is 3.36. The monoisotopic (exact) mass is 213 g/mol. The Balaban J connectivity index is 2.29. The first-order chi connectivity index (χ1) is 7.04. The summed E-state index contributed by atoms with van der Waals surface area (Å²) in [6.45, 7) is 1.92. The number of hydrogen-bond acceptors (Lipinski definition) is 3. The van der Waals surface area contributed by atoms with Gasteiger partial charge in [-0.1, -0.05) is 0 Å². The number of rotatable bonds is 5. The molecule has 0 spiro atoms. The van der Waals surface area contributed by atoms with Crippen molar-refractivity contribution < 1.29 is 9.59 Å². The highest BCUT2D eigenvalue weighted by Crippen LogP contribution is 2.18. The van der Waals surface area contributed by atoms with E-state index < -0.39 is 0 Å². The fourth-order valence-corrected chi connectivity index (χ4v) is 1.25. The van der Waals surface area contributed by atoms with Crippen molar-refractivity contribution >= 4 is 11.8 Å². The Morgan fingerprint density at radius 2 is 2.07 bits per heavy atom. The van der Waals surface area contributed by atoms with Gasteiger partial charge in [-0.25, -0.2) is 0 Å². The standard InChI is InChI=1S/C10H19N3O2/c1-7(11-2)10(15)13(3)6-9(14)12-8-4-5-8/h7-8,11H,4-6H2,1-3H3,(H,12,14). The van der Waals surface area contributed by atoms with Crippen LogP contribution in [0.3, 0.4) is 0 Å². The van der Waals surface area contributed by atoms with Gasteiger partial charge >= 0.3 is 0 Å². The zero-order valence-electron chi connectivity index (χ0n) is 9.54. The van der Waals surface area contributed by atoms with Crippen LogP contribution >= 0.6 is 0 Å². The molecular weight excluding hydrogens is 194 g/mol. The molecule has 2 amide bonds. The van der Waals surface area contributed by atoms with Crippen LogP contribution in [0, 0.1) is 0 Å². The van der Waals surface area contributed by atoms with E-state index in [1.54, 1.807) is 21.0 Å². The van der Waals surface area contributed by atoms with Crippen molar-refractivity contribution in [2.45, 2.75) is 31.8 Å². The lowest BCUT2D eigenvalue weighted by Gasteiger charge is -2.20. The molecule has 0 aromatic heterocycles. The van der Waals surface area contributed by atoms with Crippen molar-refractivity contribution in [3.05, 3.63) is 0 Å². The Morgan fingerprint density at radius 3 is 2.53 bits per heavy atom. The first-order valence-corrected chi connectivity index (χ1v) is 5.26. The van der Waals surface area contributed by atoms with Gasteiger partial charge in [0.15, 0.2) is 0 Å². The third-order valence-electron chi connectivity index (χ3n) is 2.50. The summed E-state index contributed by atoms with van der Waals surface area (Å²) in [6.07, 6.45) is 2.13. The molecule has 15 heavy (non-hydrogen) atoms. The fourth-order valence-electron chi connectivity index (χ4n) is 1.25. The first-order valence-electron chi connectivity index (χ1n) is 5.26. The van der Waals surface area contributed by atoms with E-state index >= 15 is 0 Å². The summed E-state index contributed by atoms with van der Waals surface area (Å²) in [6, 6.07) is 0.103. The van der Waals surface area contributed by atoms with Gasteiger partial charge in [0.25, 0.3) is 0 Å². The normalized spacial score (nSPS) is 17.0. The molecule has 86 valence electrons. The number of likely N-dealkylation sites (N-methyl/N-ethyl adjacent to an activating group) is 2. The average Bonchev–Trinajstić information content (AvgIpc) is 2.98. The van der Waals surface area contributed by atoms with E-state index in [1.165, 1.54) is 4.90 Å². The first kappa shape index (κ1) is 12.0. The summed E-state index contributed by atoms with van der Waals surface area (Å²) >= 11 is 0. The minimum Gasteiger partial charge on any atom is -0.352 e. The molecule has 0 saturated heterocycles. The molecule has 0 aromatic rings. The zero-order chi connectivity index (χ0) is 11.4. The second-order valence-electron chi connectivity index (χ2n) is 4.05. The van der Waals surface area contributed by atoms with Gasteiger partial charge in [0.1, 0.15) is 0 Å². The zero-order valence-corrected chi connectivity index (χ0v) is 9.54. The van der Waals surface area contributed by atoms with Crippen LogP contribution in [0.5, 0.6) is 0 Å². The van der Waals surface area contributed by atoms with Gasteiger partial charge in [-0.3, -0.25) is 9.59 Å². The van der Waals surface area contributed by atoms with Crippen molar-refractivity contribution in [3.63, 3.8) is 0 Å². The molecule has 1 aliphatic carbocycles. The van der Waals surface area contributed by atoms with Crippen LogP contribution in [0.25, 0.3) is 0 Å². The van der Waals surface area contributed by atoms with Gasteiger partial charge in [0.05, 0.1) is 12.6 Å². The van der Waals surface area contributed by atoms with Crippen molar-refractivity contribution in [1.82, 2.24) is 15.5 Å². The molecule has 5 heteroatoms. The van der Waals surface area contributed by atoms with Crippen LogP contribution in [0.1, 0.15) is 19.8 Å². The van der Waals surface area contributed by atoms with E-state index in [1.807, 2.05) is 0 Å². The molecular formula is C10H19N3O2. The van der Waals surface area contributed by atoms with E-state index in [9.17, 15) is 9.59 Å². The minimum absolute atomic E-state index is 0.0663. The quantitative estimate of drug-likeness (QED) is 0.637. The molecule has 1 rings (SSSR count). The number of hydrogen-bond donors (Lipinski definition) is 2. The Kier molecular flexibility index (Phi) is 4.08. The van der Waals surface area contributed by atoms with Crippen molar-refractivity contribution in [1.29, 1.82) is 0 Å². The van der Waals surface area contributed by atoms with Gasteiger partial charge in [-0.2, -0.15) is 0 Å². The van der Waals surface area contributed by atoms with Crippen molar-refractivity contribution in [2.75, 3.05) is 20.6 Å². The van der Waals surface area contributed by atoms with Gasteiger partial charge in [0, 0.05) is 13.1 Å². The number of carbonyl (C=O) groups excluding carboxylic acids is 2. The molecule has 1 atom stereocenters. The van der Waals surface area contributed by atoms with E-state index in [0.29, 0.717) is 6.04 Å². The predicted molar refractivity (Wildman–Crippen MR) is 57.3 cm³/mol. The third-order valence-corrected chi connectivity index (χ3v) is 2.50. The Labute approximate surface area is 90.2 Å². The van der Waals surface area contributed by atoms with Crippen LogP contribution in [0.2, 0.25) is 0 Å². The van der Waals surface area contributed by atoms with Gasteiger partial charge in [-0.15, -0.1) is 0 Å². The summed E-state index contributed by atoms with van der Waals surface area (Å²) < 4.78 is 0. The SMILES string of the molecule is CNC(C)C(=O)N(C)CC(=O)NC1CC1. The van der Waals surface area contributed by atoms with Gasteiger partial charge < -0.3 is 15.5 Å². The molecule has 1 aliphatic rings. The summed E-state index contributed by atoms with van der Waals surface area (Å²) in [5.41, 5.74) is 0. The number of amides is 2. The van der Waals surface area contributed by atoms with E-state index in [0.717, 1.165) is 12.8 Å². The molecule has 2 N–H and O–H groups in total. The number of nitrogens with one attached hydrogen (secondary N) is 2. The van der Waals surface area contributed by atoms with Crippen LogP contribution in [0.4, 0.5) is 0 Å². The molecule has 0 aromatic carbocycles. The molecule has 0 aliphatic heterocycles. The molecule has 0 radical (unpaired) electrons. The maximum Gasteiger partial charge on any atom is 0.239 e. The Hall–Kier alpha value is -1.10. The predicted octanol–water partition coefficient (Wildman–Crippen LogP) is -0.669. The minimum atomic E-state index is -0.247. The molecule has 5 nitrogen and oxygen atoms in total. The number of nitrogens with zero attached hydrogens (tertiary/aromatic N) is 1.